The van der Waals surface area contributed by atoms with Crippen molar-refractivity contribution in [1.29, 1.82) is 0 Å². The summed E-state index contributed by atoms with van der Waals surface area (Å²) in [6, 6.07) is 0. The fraction of sp³-hybridized carbons (Fsp3) is 0.610. The van der Waals surface area contributed by atoms with Crippen LogP contribution in [-0.4, -0.2) is 82.3 Å². The molecule has 0 saturated heterocycles. The highest BCUT2D eigenvalue weighted by molar-refractivity contribution is 5.70. The number of hydrogen-bond acceptors (Lipinski definition) is 8. The molecule has 384 valence electrons. The van der Waals surface area contributed by atoms with Crippen LogP contribution in [0, 0.1) is 0 Å². The molecule has 0 rings (SSSR count). The molecule has 0 aromatic rings. The number of unbranched alkanes of at least 4 members (excludes halogenated alkanes) is 11. The number of carbonyl (C=O) groups excluding carboxylic acids is 3. The smallest absolute Gasteiger partial charge is 0.306 e. The van der Waals surface area contributed by atoms with Gasteiger partial charge >= 0.3 is 11.9 Å². The van der Waals surface area contributed by atoms with Gasteiger partial charge in [-0.2, -0.15) is 0 Å². The number of carboxylic acids is 1. The van der Waals surface area contributed by atoms with Crippen molar-refractivity contribution in [3.63, 3.8) is 0 Å². The second-order valence-corrected chi connectivity index (χ2v) is 18.1. The maximum Gasteiger partial charge on any atom is 0.306 e. The van der Waals surface area contributed by atoms with E-state index < -0.39 is 30.3 Å². The van der Waals surface area contributed by atoms with Crippen molar-refractivity contribution in [2.24, 2.45) is 0 Å². The van der Waals surface area contributed by atoms with Crippen LogP contribution in [0.25, 0.3) is 0 Å². The topological polar surface area (TPSA) is 111 Å². The van der Waals surface area contributed by atoms with Crippen LogP contribution in [0.4, 0.5) is 0 Å². The lowest BCUT2D eigenvalue weighted by Gasteiger charge is -2.26. The summed E-state index contributed by atoms with van der Waals surface area (Å²) in [6.45, 7) is 4.51. The zero-order chi connectivity index (χ0) is 49.9. The van der Waals surface area contributed by atoms with Gasteiger partial charge in [0.25, 0.3) is 0 Å². The number of esters is 2. The number of hydrogen-bond donors (Lipinski definition) is 0. The summed E-state index contributed by atoms with van der Waals surface area (Å²) in [5.74, 6) is -2.38. The van der Waals surface area contributed by atoms with E-state index in [2.05, 4.69) is 135 Å². The first kappa shape index (κ1) is 63.7. The molecule has 2 unspecified atom stereocenters. The molecule has 68 heavy (non-hydrogen) atoms. The van der Waals surface area contributed by atoms with Crippen molar-refractivity contribution < 1.29 is 42.9 Å². The lowest BCUT2D eigenvalue weighted by molar-refractivity contribution is -0.870. The Labute approximate surface area is 415 Å². The minimum absolute atomic E-state index is 0.129. The lowest BCUT2D eigenvalue weighted by Crippen LogP contribution is -2.44. The van der Waals surface area contributed by atoms with Gasteiger partial charge in [0.1, 0.15) is 13.2 Å². The predicted molar refractivity (Wildman–Crippen MR) is 283 cm³/mol. The fourth-order valence-corrected chi connectivity index (χ4v) is 6.40. The Balaban J connectivity index is 4.47. The minimum Gasteiger partial charge on any atom is -0.545 e. The van der Waals surface area contributed by atoms with Crippen LogP contribution in [0.5, 0.6) is 0 Å². The number of allylic oxidation sites excluding steroid dienone is 20. The van der Waals surface area contributed by atoms with Gasteiger partial charge in [0.05, 0.1) is 40.3 Å². The highest BCUT2D eigenvalue weighted by Gasteiger charge is 2.21. The van der Waals surface area contributed by atoms with Crippen LogP contribution < -0.4 is 5.11 Å². The van der Waals surface area contributed by atoms with Gasteiger partial charge in [-0.3, -0.25) is 9.59 Å². The van der Waals surface area contributed by atoms with E-state index in [1.54, 1.807) is 0 Å². The molecule has 0 aliphatic rings. The first-order valence-electron chi connectivity index (χ1n) is 26.2. The summed E-state index contributed by atoms with van der Waals surface area (Å²) in [5.41, 5.74) is 0. The quantitative estimate of drug-likeness (QED) is 0.0195. The Bertz CT molecular complexity index is 1520. The van der Waals surface area contributed by atoms with Crippen LogP contribution in [-0.2, 0) is 33.3 Å². The molecule has 0 saturated carbocycles. The van der Waals surface area contributed by atoms with Crippen molar-refractivity contribution in [1.82, 2.24) is 0 Å². The summed E-state index contributed by atoms with van der Waals surface area (Å²) in [6.07, 6.45) is 65.2. The molecule has 2 atom stereocenters. The van der Waals surface area contributed by atoms with Gasteiger partial charge in [0.15, 0.2) is 12.4 Å². The third kappa shape index (κ3) is 49.6. The van der Waals surface area contributed by atoms with E-state index in [0.29, 0.717) is 23.9 Å². The van der Waals surface area contributed by atoms with Gasteiger partial charge in [-0.15, -0.1) is 0 Å². The highest BCUT2D eigenvalue weighted by Crippen LogP contribution is 2.11. The molecule has 9 heteroatoms. The standard InChI is InChI=1S/C59H95NO8/c1-6-8-10-12-14-16-18-20-22-24-25-26-27-28-29-30-31-32-33-34-36-38-40-42-44-46-48-50-57(62)68-55(54-67-59(58(63)64)65-52-51-60(3,4)5)53-66-56(61)49-47-45-43-41-39-37-35-23-21-19-17-15-13-11-9-7-2/h8,10,14,16-17,19-20,22-23,25-26,28-29,31-32,34-36,40,42,55,59H,6-7,9,11-13,15,18,21,24,27,30,33,37-39,41,43-54H2,1-5H3/b10-8-,16-14-,19-17-,22-20-,26-25-,29-28-,32-31-,35-23-,36-34-,42-40-. The molecular formula is C59H95NO8. The third-order valence-corrected chi connectivity index (χ3v) is 10.4. The van der Waals surface area contributed by atoms with Crippen LogP contribution in [0.2, 0.25) is 0 Å². The molecule has 0 aromatic carbocycles. The molecule has 0 amide bonds. The number of carboxylic acid groups (broad SMARTS) is 1. The summed E-state index contributed by atoms with van der Waals surface area (Å²) >= 11 is 0. The van der Waals surface area contributed by atoms with Crippen LogP contribution in [0.3, 0.4) is 0 Å². The molecule has 0 aliphatic heterocycles. The average molecular weight is 946 g/mol. The van der Waals surface area contributed by atoms with Crippen LogP contribution >= 0.6 is 0 Å². The van der Waals surface area contributed by atoms with Gasteiger partial charge in [-0.25, -0.2) is 0 Å². The van der Waals surface area contributed by atoms with E-state index >= 15 is 0 Å². The monoisotopic (exact) mass is 946 g/mol. The number of rotatable bonds is 46. The van der Waals surface area contributed by atoms with Crippen molar-refractivity contribution in [2.45, 2.75) is 187 Å². The minimum atomic E-state index is -1.64. The maximum absolute atomic E-state index is 12.8. The Morgan fingerprint density at radius 3 is 1.28 bits per heavy atom. The number of quaternary nitrogens is 1. The van der Waals surface area contributed by atoms with Crippen molar-refractivity contribution in [3.8, 4) is 0 Å². The van der Waals surface area contributed by atoms with Gasteiger partial charge in [-0.1, -0.05) is 174 Å². The summed E-state index contributed by atoms with van der Waals surface area (Å²) in [7, 11) is 5.88. The zero-order valence-corrected chi connectivity index (χ0v) is 43.4. The van der Waals surface area contributed by atoms with Gasteiger partial charge in [0, 0.05) is 12.8 Å². The number of aliphatic carboxylic acids is 1. The van der Waals surface area contributed by atoms with Gasteiger partial charge in [-0.05, 0) is 109 Å². The van der Waals surface area contributed by atoms with E-state index in [1.165, 1.54) is 32.1 Å². The Hall–Kier alpha value is -4.31. The highest BCUT2D eigenvalue weighted by atomic mass is 16.7. The molecule has 0 radical (unpaired) electrons. The molecule has 0 fully saturated rings. The summed E-state index contributed by atoms with van der Waals surface area (Å²) < 4.78 is 22.5. The molecule has 0 N–H and O–H groups in total. The number of nitrogens with zero attached hydrogens (tertiary/aromatic N) is 1. The Kier molecular flexibility index (Phi) is 46.0. The molecule has 0 aliphatic carbocycles. The molecule has 9 nitrogen and oxygen atoms in total. The third-order valence-electron chi connectivity index (χ3n) is 10.4. The number of carbonyl (C=O) groups is 3. The average Bonchev–Trinajstić information content (AvgIpc) is 3.30. The molecular weight excluding hydrogens is 851 g/mol. The molecule has 0 bridgehead atoms. The fourth-order valence-electron chi connectivity index (χ4n) is 6.40. The van der Waals surface area contributed by atoms with Crippen molar-refractivity contribution in [3.05, 3.63) is 122 Å². The Morgan fingerprint density at radius 1 is 0.456 bits per heavy atom. The second kappa shape index (κ2) is 49.1. The van der Waals surface area contributed by atoms with E-state index in [9.17, 15) is 19.5 Å². The predicted octanol–water partition coefficient (Wildman–Crippen LogP) is 13.6. The van der Waals surface area contributed by atoms with Crippen molar-refractivity contribution >= 4 is 17.9 Å². The van der Waals surface area contributed by atoms with E-state index in [-0.39, 0.29) is 32.7 Å². The number of ether oxygens (including phenoxy) is 4. The Morgan fingerprint density at radius 2 is 0.838 bits per heavy atom. The molecule has 0 aromatic heterocycles. The van der Waals surface area contributed by atoms with Gasteiger partial charge in [0.2, 0.25) is 0 Å². The second-order valence-electron chi connectivity index (χ2n) is 18.1. The van der Waals surface area contributed by atoms with Crippen LogP contribution in [0.15, 0.2) is 122 Å². The lowest BCUT2D eigenvalue weighted by atomic mass is 10.1. The molecule has 0 spiro atoms. The maximum atomic E-state index is 12.8. The first-order chi connectivity index (χ1) is 33.1. The first-order valence-corrected chi connectivity index (χ1v) is 26.2. The van der Waals surface area contributed by atoms with E-state index in [4.69, 9.17) is 18.9 Å². The summed E-state index contributed by atoms with van der Waals surface area (Å²) in [5, 5.41) is 11.7. The normalized spacial score (nSPS) is 13.8. The number of likely N-dealkylation sites (N-methyl/N-ethyl adjacent to an activating group) is 1. The van der Waals surface area contributed by atoms with Gasteiger partial charge < -0.3 is 33.3 Å². The zero-order valence-electron chi connectivity index (χ0n) is 43.4. The largest absolute Gasteiger partial charge is 0.545 e. The molecule has 0 heterocycles. The SMILES string of the molecule is CC/C=C\C/C=C\C/C=C\C/C=C\C/C=C\C/C=C\C/C=C\C/C=C\CCCCC(=O)OC(COC(=O)CCCCCCC/C=C\C/C=C\CCCCCC)COC(OCC[N+](C)(C)C)C(=O)[O-]. The van der Waals surface area contributed by atoms with Crippen LogP contribution in [0.1, 0.15) is 174 Å². The van der Waals surface area contributed by atoms with E-state index in [0.717, 1.165) is 103 Å². The van der Waals surface area contributed by atoms with Crippen molar-refractivity contribution in [2.75, 3.05) is 47.5 Å². The van der Waals surface area contributed by atoms with E-state index in [1.807, 2.05) is 21.1 Å². The summed E-state index contributed by atoms with van der Waals surface area (Å²) in [4.78, 5) is 37.1.